The highest BCUT2D eigenvalue weighted by atomic mass is 32.1. The molecule has 5 heteroatoms. The van der Waals surface area contributed by atoms with Gasteiger partial charge in [-0.3, -0.25) is 0 Å². The minimum atomic E-state index is -0.163. The second-order valence-corrected chi connectivity index (χ2v) is 10.3. The smallest absolute Gasteiger partial charge is 0.310 e. The molecule has 0 fully saturated rings. The van der Waals surface area contributed by atoms with Gasteiger partial charge in [0.25, 0.3) is 0 Å². The number of para-hydroxylation sites is 1. The quantitative estimate of drug-likeness (QED) is 0.342. The second-order valence-electron chi connectivity index (χ2n) is 9.18. The Hall–Kier alpha value is -3.31. The molecule has 1 N–H and O–H groups in total. The summed E-state index contributed by atoms with van der Waals surface area (Å²) in [5.74, 6) is 0. The van der Waals surface area contributed by atoms with E-state index in [2.05, 4.69) is 65.5 Å². The van der Waals surface area contributed by atoms with Gasteiger partial charge in [0.2, 0.25) is 0 Å². The zero-order chi connectivity index (χ0) is 23.1. The Bertz CT molecular complexity index is 1340. The van der Waals surface area contributed by atoms with Crippen LogP contribution in [0.3, 0.4) is 0 Å². The molecule has 1 unspecified atom stereocenters. The number of benzene rings is 2. The van der Waals surface area contributed by atoms with Gasteiger partial charge in [-0.2, -0.15) is 0 Å². The van der Waals surface area contributed by atoms with E-state index in [0.29, 0.717) is 6.54 Å². The monoisotopic (exact) mass is 467 g/mol. The van der Waals surface area contributed by atoms with Gasteiger partial charge in [-0.05, 0) is 67.0 Å². The molecule has 6 rings (SSSR count). The number of thiophene rings is 1. The lowest BCUT2D eigenvalue weighted by Crippen LogP contribution is -2.38. The number of nitrogens with zero attached hydrogens (tertiary/aromatic N) is 2. The average molecular weight is 468 g/mol. The van der Waals surface area contributed by atoms with E-state index in [1.807, 2.05) is 40.5 Å². The molecule has 1 atom stereocenters. The summed E-state index contributed by atoms with van der Waals surface area (Å²) in [5.41, 5.74) is 7.13. The van der Waals surface area contributed by atoms with E-state index < -0.39 is 0 Å². The molecule has 34 heavy (non-hydrogen) atoms. The van der Waals surface area contributed by atoms with Crippen molar-refractivity contribution < 1.29 is 4.79 Å². The Morgan fingerprint density at radius 1 is 0.971 bits per heavy atom. The summed E-state index contributed by atoms with van der Waals surface area (Å²) in [4.78, 5) is 17.6. The third kappa shape index (κ3) is 3.55. The molecule has 2 amide bonds. The largest absolute Gasteiger partial charge is 0.322 e. The molecule has 172 valence electrons. The Kier molecular flexibility index (Phi) is 5.50. The van der Waals surface area contributed by atoms with Gasteiger partial charge in [0.05, 0.1) is 18.3 Å². The summed E-state index contributed by atoms with van der Waals surface area (Å²) in [6.45, 7) is 2.74. The molecule has 4 aromatic rings. The van der Waals surface area contributed by atoms with Crippen LogP contribution in [-0.2, 0) is 25.8 Å². The Morgan fingerprint density at radius 2 is 1.76 bits per heavy atom. The highest BCUT2D eigenvalue weighted by Gasteiger charge is 2.36. The molecule has 0 radical (unpaired) electrons. The van der Waals surface area contributed by atoms with Gasteiger partial charge in [0, 0.05) is 22.3 Å². The van der Waals surface area contributed by atoms with Crippen LogP contribution in [0.15, 0.2) is 72.9 Å². The maximum absolute atomic E-state index is 14.0. The fraction of sp³-hybridized carbons (Fsp3) is 0.276. The van der Waals surface area contributed by atoms with Crippen molar-refractivity contribution in [2.75, 3.05) is 5.32 Å². The first-order valence-corrected chi connectivity index (χ1v) is 13.1. The molecule has 2 aliphatic rings. The van der Waals surface area contributed by atoms with Crippen LogP contribution >= 0.6 is 11.3 Å². The molecule has 0 saturated heterocycles. The number of anilines is 1. The van der Waals surface area contributed by atoms with Gasteiger partial charge in [0.15, 0.2) is 0 Å². The molecule has 2 aromatic carbocycles. The third-order valence-electron chi connectivity index (χ3n) is 7.19. The number of hydrogen-bond acceptors (Lipinski definition) is 2. The highest BCUT2D eigenvalue weighted by Crippen LogP contribution is 2.44. The maximum Gasteiger partial charge on any atom is 0.322 e. The van der Waals surface area contributed by atoms with Crippen molar-refractivity contribution in [2.24, 2.45) is 0 Å². The number of aromatic nitrogens is 1. The van der Waals surface area contributed by atoms with E-state index in [0.717, 1.165) is 41.8 Å². The summed E-state index contributed by atoms with van der Waals surface area (Å²) in [6.07, 6.45) is 7.80. The van der Waals surface area contributed by atoms with Crippen molar-refractivity contribution in [2.45, 2.75) is 51.6 Å². The van der Waals surface area contributed by atoms with Crippen molar-refractivity contribution in [1.82, 2.24) is 9.47 Å². The first kappa shape index (κ1) is 21.2. The highest BCUT2D eigenvalue weighted by molar-refractivity contribution is 7.15. The van der Waals surface area contributed by atoms with Gasteiger partial charge in [0.1, 0.15) is 5.00 Å². The second kappa shape index (κ2) is 8.80. The fourth-order valence-corrected chi connectivity index (χ4v) is 6.91. The topological polar surface area (TPSA) is 37.3 Å². The fourth-order valence-electron chi connectivity index (χ4n) is 5.51. The van der Waals surface area contributed by atoms with Crippen LogP contribution in [0.5, 0.6) is 0 Å². The van der Waals surface area contributed by atoms with Crippen molar-refractivity contribution in [3.8, 4) is 5.00 Å². The van der Waals surface area contributed by atoms with Gasteiger partial charge >= 0.3 is 6.03 Å². The lowest BCUT2D eigenvalue weighted by Gasteiger charge is -2.31. The molecule has 4 nitrogen and oxygen atoms in total. The van der Waals surface area contributed by atoms with E-state index in [1.165, 1.54) is 33.8 Å². The van der Waals surface area contributed by atoms with Crippen LogP contribution in [0, 0.1) is 0 Å². The van der Waals surface area contributed by atoms with Crippen LogP contribution < -0.4 is 5.32 Å². The van der Waals surface area contributed by atoms with Gasteiger partial charge < -0.3 is 14.8 Å². The summed E-state index contributed by atoms with van der Waals surface area (Å²) >= 11 is 1.92. The van der Waals surface area contributed by atoms with E-state index in [-0.39, 0.29) is 12.1 Å². The van der Waals surface area contributed by atoms with Crippen LogP contribution in [0.2, 0.25) is 0 Å². The van der Waals surface area contributed by atoms with Crippen LogP contribution in [0.1, 0.15) is 58.6 Å². The molecule has 0 bridgehead atoms. The molecule has 1 aliphatic carbocycles. The van der Waals surface area contributed by atoms with Gasteiger partial charge in [-0.1, -0.05) is 55.5 Å². The van der Waals surface area contributed by atoms with Crippen molar-refractivity contribution >= 4 is 23.1 Å². The lowest BCUT2D eigenvalue weighted by atomic mass is 9.95. The SMILES string of the molecule is CCc1ccccc1NC(=O)N1Cc2c(sc3c2CCCC3)-n2cccc2C1c1ccccc1. The zero-order valence-corrected chi connectivity index (χ0v) is 20.3. The van der Waals surface area contributed by atoms with Crippen molar-refractivity contribution in [1.29, 1.82) is 0 Å². The minimum absolute atomic E-state index is 0.0499. The number of carbonyl (C=O) groups is 1. The molecule has 1 aliphatic heterocycles. The Morgan fingerprint density at radius 3 is 2.62 bits per heavy atom. The van der Waals surface area contributed by atoms with Gasteiger partial charge in [-0.25, -0.2) is 4.79 Å². The summed E-state index contributed by atoms with van der Waals surface area (Å²) < 4.78 is 2.34. The predicted octanol–water partition coefficient (Wildman–Crippen LogP) is 7.12. The number of carbonyl (C=O) groups excluding carboxylic acids is 1. The summed E-state index contributed by atoms with van der Waals surface area (Å²) in [7, 11) is 0. The first-order chi connectivity index (χ1) is 16.7. The molecule has 3 heterocycles. The average Bonchev–Trinajstić information content (AvgIpc) is 3.46. The normalized spacial score (nSPS) is 16.9. The molecule has 0 saturated carbocycles. The first-order valence-electron chi connectivity index (χ1n) is 12.3. The zero-order valence-electron chi connectivity index (χ0n) is 19.5. The molecular formula is C29H29N3OS. The van der Waals surface area contributed by atoms with Crippen LogP contribution in [-0.4, -0.2) is 15.5 Å². The van der Waals surface area contributed by atoms with E-state index in [9.17, 15) is 4.79 Å². The lowest BCUT2D eigenvalue weighted by molar-refractivity contribution is 0.194. The standard InChI is InChI=1S/C29H29N3OS/c1-2-20-11-6-8-15-24(20)30-29(33)32-19-23-22-14-7-9-17-26(22)34-28(23)31-18-10-16-25(31)27(32)21-12-4-3-5-13-21/h3-6,8,10-13,15-16,18,27H,2,7,9,14,17,19H2,1H3,(H,30,33). The number of hydrogen-bond donors (Lipinski definition) is 1. The molecular weight excluding hydrogens is 438 g/mol. The Labute approximate surface area is 204 Å². The maximum atomic E-state index is 14.0. The van der Waals surface area contributed by atoms with E-state index in [1.54, 1.807) is 0 Å². The van der Waals surface area contributed by atoms with Crippen LogP contribution in [0.25, 0.3) is 5.00 Å². The van der Waals surface area contributed by atoms with Gasteiger partial charge in [-0.15, -0.1) is 11.3 Å². The summed E-state index contributed by atoms with van der Waals surface area (Å²) in [5, 5.41) is 4.55. The number of rotatable bonds is 3. The third-order valence-corrected chi connectivity index (χ3v) is 8.53. The number of fused-ring (bicyclic) bond motifs is 5. The van der Waals surface area contributed by atoms with E-state index >= 15 is 0 Å². The van der Waals surface area contributed by atoms with Crippen LogP contribution in [0.4, 0.5) is 10.5 Å². The van der Waals surface area contributed by atoms with E-state index in [4.69, 9.17) is 0 Å². The van der Waals surface area contributed by atoms with Crippen molar-refractivity contribution in [3.63, 3.8) is 0 Å². The number of aryl methyl sites for hydroxylation is 2. The predicted molar refractivity (Wildman–Crippen MR) is 139 cm³/mol. The van der Waals surface area contributed by atoms with Crippen molar-refractivity contribution in [3.05, 3.63) is 106 Å². The molecule has 0 spiro atoms. The number of amides is 2. The summed E-state index contributed by atoms with van der Waals surface area (Å²) in [6, 6.07) is 22.6. The number of urea groups is 1. The molecule has 2 aromatic heterocycles. The Balaban J connectivity index is 1.49. The minimum Gasteiger partial charge on any atom is -0.310 e. The number of nitrogens with one attached hydrogen (secondary N) is 1.